The molecule has 0 bridgehead atoms. The van der Waals surface area contributed by atoms with E-state index in [9.17, 15) is 0 Å². The third-order valence-electron chi connectivity index (χ3n) is 2.54. The molecule has 0 heterocycles. The largest absolute Gasteiger partial charge is 0.508 e. The van der Waals surface area contributed by atoms with Crippen LogP contribution in [-0.4, -0.2) is 10.2 Å². The molecule has 1 aliphatic rings. The number of rotatable bonds is 0. The Kier molecular flexibility index (Phi) is 3.46. The van der Waals surface area contributed by atoms with Gasteiger partial charge in [0.05, 0.1) is 0 Å². The summed E-state index contributed by atoms with van der Waals surface area (Å²) in [5.74, 6) is 0.339. The van der Waals surface area contributed by atoms with E-state index in [0.717, 1.165) is 6.42 Å². The molecule has 0 spiro atoms. The zero-order valence-corrected chi connectivity index (χ0v) is 9.38. The van der Waals surface area contributed by atoms with E-state index in [1.165, 1.54) is 35.4 Å². The highest BCUT2D eigenvalue weighted by atomic mass is 16.3. The van der Waals surface area contributed by atoms with E-state index in [-0.39, 0.29) is 11.5 Å². The Hall–Kier alpha value is -2.22. The fourth-order valence-electron chi connectivity index (χ4n) is 1.65. The van der Waals surface area contributed by atoms with Crippen molar-refractivity contribution in [2.75, 3.05) is 0 Å². The first-order valence-corrected chi connectivity index (χ1v) is 5.48. The van der Waals surface area contributed by atoms with Crippen LogP contribution >= 0.6 is 0 Å². The summed E-state index contributed by atoms with van der Waals surface area (Å²) in [7, 11) is 0. The van der Waals surface area contributed by atoms with Crippen LogP contribution in [0.5, 0.6) is 11.5 Å². The number of benzene rings is 2. The molecule has 3 rings (SSSR count). The van der Waals surface area contributed by atoms with Gasteiger partial charge in [-0.1, -0.05) is 36.4 Å². The number of allylic oxidation sites excluding steroid dienone is 1. The monoisotopic (exact) mass is 226 g/mol. The van der Waals surface area contributed by atoms with Crippen molar-refractivity contribution in [3.63, 3.8) is 0 Å². The van der Waals surface area contributed by atoms with Gasteiger partial charge in [0.2, 0.25) is 0 Å². The second-order valence-electron chi connectivity index (χ2n) is 3.82. The van der Waals surface area contributed by atoms with E-state index >= 15 is 0 Å². The molecule has 86 valence electrons. The highest BCUT2D eigenvalue weighted by Crippen LogP contribution is 2.17. The highest BCUT2D eigenvalue weighted by Gasteiger charge is 2.00. The maximum Gasteiger partial charge on any atom is 0.115 e. The molecule has 0 fully saturated rings. The maximum absolute atomic E-state index is 8.65. The van der Waals surface area contributed by atoms with Crippen LogP contribution in [0.2, 0.25) is 0 Å². The van der Waals surface area contributed by atoms with Crippen molar-refractivity contribution in [1.29, 1.82) is 0 Å². The van der Waals surface area contributed by atoms with Gasteiger partial charge >= 0.3 is 0 Å². The van der Waals surface area contributed by atoms with Gasteiger partial charge in [-0.05, 0) is 41.8 Å². The van der Waals surface area contributed by atoms with Crippen molar-refractivity contribution in [2.45, 2.75) is 6.42 Å². The molecule has 2 aromatic rings. The SMILES string of the molecule is C1=Cc2ccccc2C1.Oc1ccc(O)cc1. The number of fused-ring (bicyclic) bond motifs is 1. The summed E-state index contributed by atoms with van der Waals surface area (Å²) in [6.07, 6.45) is 5.50. The lowest BCUT2D eigenvalue weighted by Crippen LogP contribution is -1.76. The molecular formula is C15H14O2. The Labute approximate surface area is 100 Å². The number of hydrogen-bond donors (Lipinski definition) is 2. The van der Waals surface area contributed by atoms with Gasteiger partial charge in [-0.25, -0.2) is 0 Å². The second kappa shape index (κ2) is 5.21. The minimum atomic E-state index is 0.169. The Balaban J connectivity index is 0.000000128. The van der Waals surface area contributed by atoms with Crippen molar-refractivity contribution in [1.82, 2.24) is 0 Å². The first-order valence-electron chi connectivity index (χ1n) is 5.48. The molecule has 2 nitrogen and oxygen atoms in total. The molecule has 0 saturated carbocycles. The standard InChI is InChI=1S/C9H8.C6H6O2/c1-2-5-9-7-3-6-8(9)4-1;7-5-1-2-6(8)4-3-5/h1-6H,7H2;1-4,7-8H. The molecule has 0 unspecified atom stereocenters. The molecule has 0 atom stereocenters. The van der Waals surface area contributed by atoms with Crippen molar-refractivity contribution in [3.8, 4) is 11.5 Å². The Morgan fingerprint density at radius 2 is 1.35 bits per heavy atom. The number of hydrogen-bond acceptors (Lipinski definition) is 2. The fourth-order valence-corrected chi connectivity index (χ4v) is 1.65. The predicted octanol–water partition coefficient (Wildman–Crippen LogP) is 3.35. The molecule has 2 N–H and O–H groups in total. The first kappa shape index (κ1) is 11.3. The molecule has 0 aromatic heterocycles. The van der Waals surface area contributed by atoms with Crippen LogP contribution in [0.25, 0.3) is 6.08 Å². The fraction of sp³-hybridized carbons (Fsp3) is 0.0667. The number of phenolic OH excluding ortho intramolecular Hbond substituents is 2. The number of phenols is 2. The van der Waals surface area contributed by atoms with E-state index in [1.54, 1.807) is 0 Å². The molecular weight excluding hydrogens is 212 g/mol. The normalized spacial score (nSPS) is 11.5. The summed E-state index contributed by atoms with van der Waals surface area (Å²) in [6, 6.07) is 14.2. The van der Waals surface area contributed by atoms with Crippen LogP contribution in [0.1, 0.15) is 11.1 Å². The average molecular weight is 226 g/mol. The lowest BCUT2D eigenvalue weighted by atomic mass is 10.1. The molecule has 0 radical (unpaired) electrons. The summed E-state index contributed by atoms with van der Waals surface area (Å²) in [5, 5.41) is 17.3. The topological polar surface area (TPSA) is 40.5 Å². The van der Waals surface area contributed by atoms with Gasteiger partial charge < -0.3 is 10.2 Å². The molecule has 0 saturated heterocycles. The smallest absolute Gasteiger partial charge is 0.115 e. The van der Waals surface area contributed by atoms with Crippen molar-refractivity contribution < 1.29 is 10.2 Å². The van der Waals surface area contributed by atoms with Crippen LogP contribution in [0.3, 0.4) is 0 Å². The summed E-state index contributed by atoms with van der Waals surface area (Å²) < 4.78 is 0. The summed E-state index contributed by atoms with van der Waals surface area (Å²) in [4.78, 5) is 0. The summed E-state index contributed by atoms with van der Waals surface area (Å²) >= 11 is 0. The Bertz CT molecular complexity index is 492. The van der Waals surface area contributed by atoms with Gasteiger partial charge in [0.15, 0.2) is 0 Å². The van der Waals surface area contributed by atoms with Gasteiger partial charge in [0.25, 0.3) is 0 Å². The van der Waals surface area contributed by atoms with E-state index < -0.39 is 0 Å². The van der Waals surface area contributed by atoms with Gasteiger partial charge in [0.1, 0.15) is 11.5 Å². The minimum Gasteiger partial charge on any atom is -0.508 e. The Morgan fingerprint density at radius 3 is 1.94 bits per heavy atom. The molecule has 0 aliphatic heterocycles. The van der Waals surface area contributed by atoms with Crippen LogP contribution in [0.4, 0.5) is 0 Å². The van der Waals surface area contributed by atoms with E-state index in [2.05, 4.69) is 36.4 Å². The summed E-state index contributed by atoms with van der Waals surface area (Å²) in [5.41, 5.74) is 2.84. The Morgan fingerprint density at radius 1 is 0.765 bits per heavy atom. The molecule has 1 aliphatic carbocycles. The van der Waals surface area contributed by atoms with Crippen LogP contribution in [0, 0.1) is 0 Å². The zero-order chi connectivity index (χ0) is 12.1. The maximum atomic E-state index is 8.65. The molecule has 2 aromatic carbocycles. The van der Waals surface area contributed by atoms with Crippen LogP contribution < -0.4 is 0 Å². The van der Waals surface area contributed by atoms with Crippen molar-refractivity contribution in [2.24, 2.45) is 0 Å². The highest BCUT2D eigenvalue weighted by molar-refractivity contribution is 5.59. The van der Waals surface area contributed by atoms with E-state index in [4.69, 9.17) is 10.2 Å². The van der Waals surface area contributed by atoms with Gasteiger partial charge in [0, 0.05) is 0 Å². The van der Waals surface area contributed by atoms with Crippen molar-refractivity contribution in [3.05, 3.63) is 65.7 Å². The van der Waals surface area contributed by atoms with Gasteiger partial charge in [-0.15, -0.1) is 0 Å². The molecule has 17 heavy (non-hydrogen) atoms. The summed E-state index contributed by atoms with van der Waals surface area (Å²) in [6.45, 7) is 0. The molecule has 0 amide bonds. The van der Waals surface area contributed by atoms with E-state index in [0.29, 0.717) is 0 Å². The third kappa shape index (κ3) is 3.11. The van der Waals surface area contributed by atoms with Crippen LogP contribution in [0.15, 0.2) is 54.6 Å². The zero-order valence-electron chi connectivity index (χ0n) is 9.38. The molecule has 2 heteroatoms. The second-order valence-corrected chi connectivity index (χ2v) is 3.82. The van der Waals surface area contributed by atoms with Crippen LogP contribution in [-0.2, 0) is 6.42 Å². The average Bonchev–Trinajstić information content (AvgIpc) is 2.82. The third-order valence-corrected chi connectivity index (χ3v) is 2.54. The number of aromatic hydroxyl groups is 2. The van der Waals surface area contributed by atoms with Gasteiger partial charge in [-0.2, -0.15) is 0 Å². The van der Waals surface area contributed by atoms with E-state index in [1.807, 2.05) is 0 Å². The first-order chi connectivity index (χ1) is 8.25. The lowest BCUT2D eigenvalue weighted by molar-refractivity contribution is 0.460. The lowest BCUT2D eigenvalue weighted by Gasteiger charge is -1.93. The predicted molar refractivity (Wildman–Crippen MR) is 69.0 cm³/mol. The quantitative estimate of drug-likeness (QED) is 0.676. The van der Waals surface area contributed by atoms with Crippen molar-refractivity contribution >= 4 is 6.08 Å². The minimum absolute atomic E-state index is 0.169. The van der Waals surface area contributed by atoms with Gasteiger partial charge in [-0.3, -0.25) is 0 Å².